The summed E-state index contributed by atoms with van der Waals surface area (Å²) in [6.45, 7) is 2.62. The molecule has 0 aromatic heterocycles. The lowest BCUT2D eigenvalue weighted by Crippen LogP contribution is -2.53. The number of nitro benzene ring substituents is 1. The van der Waals surface area contributed by atoms with Crippen LogP contribution in [-0.2, 0) is 6.54 Å². The quantitative estimate of drug-likeness (QED) is 0.479. The molecule has 0 unspecified atom stereocenters. The van der Waals surface area contributed by atoms with Gasteiger partial charge in [0.25, 0.3) is 5.69 Å². The summed E-state index contributed by atoms with van der Waals surface area (Å²) in [5, 5.41) is 10.7. The molecule has 0 radical (unpaired) electrons. The van der Waals surface area contributed by atoms with Crippen LogP contribution in [0, 0.1) is 10.1 Å². The molecular weight excluding hydrogens is 340 g/mol. The Morgan fingerprint density at radius 2 is 1.52 bits per heavy atom. The maximum absolute atomic E-state index is 10.7. The number of benzene rings is 3. The van der Waals surface area contributed by atoms with E-state index in [0.29, 0.717) is 5.75 Å². The molecule has 136 valence electrons. The van der Waals surface area contributed by atoms with Crippen molar-refractivity contribution in [3.8, 4) is 16.9 Å². The van der Waals surface area contributed by atoms with Gasteiger partial charge in [0.2, 0.25) is 0 Å². The molecule has 27 heavy (non-hydrogen) atoms. The maximum Gasteiger partial charge on any atom is 0.269 e. The average molecular weight is 360 g/mol. The van der Waals surface area contributed by atoms with Gasteiger partial charge < -0.3 is 4.74 Å². The van der Waals surface area contributed by atoms with Crippen molar-refractivity contribution in [2.45, 2.75) is 12.6 Å². The average Bonchev–Trinajstić information content (AvgIpc) is 2.68. The molecule has 5 heteroatoms. The molecule has 0 N–H and O–H groups in total. The van der Waals surface area contributed by atoms with Crippen molar-refractivity contribution in [2.75, 3.05) is 13.1 Å². The van der Waals surface area contributed by atoms with E-state index in [2.05, 4.69) is 41.3 Å². The fourth-order valence-electron chi connectivity index (χ4n) is 3.26. The zero-order valence-corrected chi connectivity index (χ0v) is 14.8. The SMILES string of the molecule is O=[N+]([O-])c1ccc(OC2CN(Cc3ccc(-c4ccccc4)cc3)C2)cc1. The number of nitrogens with zero attached hydrogens (tertiary/aromatic N) is 2. The molecule has 0 aliphatic carbocycles. The van der Waals surface area contributed by atoms with Gasteiger partial charge in [0.1, 0.15) is 11.9 Å². The molecular formula is C22H20N2O3. The lowest BCUT2D eigenvalue weighted by atomic mass is 10.0. The minimum atomic E-state index is -0.405. The first-order valence-electron chi connectivity index (χ1n) is 8.95. The Kier molecular flexibility index (Phi) is 4.85. The standard InChI is InChI=1S/C22H20N2O3/c25-24(26)20-10-12-21(13-11-20)27-22-15-23(16-22)14-17-6-8-19(9-7-17)18-4-2-1-3-5-18/h1-13,22H,14-16H2. The minimum absolute atomic E-state index is 0.0801. The van der Waals surface area contributed by atoms with E-state index in [0.717, 1.165) is 19.6 Å². The number of ether oxygens (including phenoxy) is 1. The van der Waals surface area contributed by atoms with Gasteiger partial charge in [-0.05, 0) is 28.8 Å². The molecule has 3 aromatic carbocycles. The summed E-state index contributed by atoms with van der Waals surface area (Å²) in [6, 6.07) is 25.3. The molecule has 1 heterocycles. The highest BCUT2D eigenvalue weighted by Gasteiger charge is 2.28. The predicted molar refractivity (Wildman–Crippen MR) is 105 cm³/mol. The normalized spacial score (nSPS) is 14.5. The molecule has 3 aromatic rings. The molecule has 0 amide bonds. The van der Waals surface area contributed by atoms with Crippen molar-refractivity contribution in [1.29, 1.82) is 0 Å². The molecule has 1 fully saturated rings. The van der Waals surface area contributed by atoms with Crippen molar-refractivity contribution < 1.29 is 9.66 Å². The summed E-state index contributed by atoms with van der Waals surface area (Å²) in [4.78, 5) is 12.6. The molecule has 0 saturated carbocycles. The monoisotopic (exact) mass is 360 g/mol. The maximum atomic E-state index is 10.7. The van der Waals surface area contributed by atoms with Gasteiger partial charge in [-0.2, -0.15) is 0 Å². The van der Waals surface area contributed by atoms with E-state index in [-0.39, 0.29) is 11.8 Å². The van der Waals surface area contributed by atoms with Gasteiger partial charge in [0.15, 0.2) is 0 Å². The Morgan fingerprint density at radius 3 is 2.15 bits per heavy atom. The lowest BCUT2D eigenvalue weighted by molar-refractivity contribution is -0.384. The van der Waals surface area contributed by atoms with E-state index in [1.54, 1.807) is 12.1 Å². The highest BCUT2D eigenvalue weighted by Crippen LogP contribution is 2.24. The topological polar surface area (TPSA) is 55.6 Å². The van der Waals surface area contributed by atoms with Crippen LogP contribution >= 0.6 is 0 Å². The molecule has 1 aliphatic heterocycles. The van der Waals surface area contributed by atoms with Crippen molar-refractivity contribution >= 4 is 5.69 Å². The van der Waals surface area contributed by atoms with Crippen LogP contribution in [-0.4, -0.2) is 29.0 Å². The van der Waals surface area contributed by atoms with Gasteiger partial charge in [-0.1, -0.05) is 54.6 Å². The van der Waals surface area contributed by atoms with Crippen LogP contribution in [0.3, 0.4) is 0 Å². The number of likely N-dealkylation sites (tertiary alicyclic amines) is 1. The summed E-state index contributed by atoms with van der Waals surface area (Å²) in [7, 11) is 0. The second-order valence-electron chi connectivity index (χ2n) is 6.75. The fourth-order valence-corrected chi connectivity index (χ4v) is 3.26. The van der Waals surface area contributed by atoms with Gasteiger partial charge in [0.05, 0.1) is 4.92 Å². The van der Waals surface area contributed by atoms with E-state index in [1.165, 1.54) is 28.8 Å². The second-order valence-corrected chi connectivity index (χ2v) is 6.75. The Morgan fingerprint density at radius 1 is 0.889 bits per heavy atom. The number of hydrogen-bond acceptors (Lipinski definition) is 4. The van der Waals surface area contributed by atoms with Crippen LogP contribution in [0.4, 0.5) is 5.69 Å². The molecule has 1 aliphatic rings. The van der Waals surface area contributed by atoms with Crippen LogP contribution in [0.5, 0.6) is 5.75 Å². The van der Waals surface area contributed by atoms with E-state index < -0.39 is 4.92 Å². The molecule has 0 atom stereocenters. The summed E-state index contributed by atoms with van der Waals surface area (Å²) < 4.78 is 5.87. The Labute approximate surface area is 158 Å². The van der Waals surface area contributed by atoms with Crippen molar-refractivity contribution in [3.05, 3.63) is 94.5 Å². The highest BCUT2D eigenvalue weighted by molar-refractivity contribution is 5.63. The molecule has 4 rings (SSSR count). The lowest BCUT2D eigenvalue weighted by Gasteiger charge is -2.39. The molecule has 0 spiro atoms. The van der Waals surface area contributed by atoms with Gasteiger partial charge in [-0.25, -0.2) is 0 Å². The first kappa shape index (κ1) is 17.2. The number of non-ortho nitro benzene ring substituents is 1. The summed E-state index contributed by atoms with van der Waals surface area (Å²) in [6.07, 6.45) is 0.134. The van der Waals surface area contributed by atoms with Crippen molar-refractivity contribution in [2.24, 2.45) is 0 Å². The van der Waals surface area contributed by atoms with Crippen LogP contribution in [0.2, 0.25) is 0 Å². The van der Waals surface area contributed by atoms with E-state index >= 15 is 0 Å². The van der Waals surface area contributed by atoms with Crippen molar-refractivity contribution in [1.82, 2.24) is 4.90 Å². The number of rotatable bonds is 6. The van der Waals surface area contributed by atoms with Crippen LogP contribution < -0.4 is 4.74 Å². The summed E-state index contributed by atoms with van der Waals surface area (Å²) in [5.74, 6) is 0.678. The van der Waals surface area contributed by atoms with Crippen LogP contribution in [0.25, 0.3) is 11.1 Å². The molecule has 0 bridgehead atoms. The Hall–Kier alpha value is -3.18. The third-order valence-electron chi connectivity index (χ3n) is 4.74. The Bertz CT molecular complexity index is 903. The Balaban J connectivity index is 1.27. The first-order chi connectivity index (χ1) is 13.2. The number of nitro groups is 1. The fraction of sp³-hybridized carbons (Fsp3) is 0.182. The predicted octanol–water partition coefficient (Wildman–Crippen LogP) is 4.53. The number of hydrogen-bond donors (Lipinski definition) is 0. The van der Waals surface area contributed by atoms with E-state index in [1.807, 2.05) is 18.2 Å². The summed E-state index contributed by atoms with van der Waals surface area (Å²) >= 11 is 0. The largest absolute Gasteiger partial charge is 0.488 e. The van der Waals surface area contributed by atoms with Crippen LogP contribution in [0.15, 0.2) is 78.9 Å². The van der Waals surface area contributed by atoms with Crippen molar-refractivity contribution in [3.63, 3.8) is 0 Å². The smallest absolute Gasteiger partial charge is 0.269 e. The van der Waals surface area contributed by atoms with E-state index in [4.69, 9.17) is 4.74 Å². The van der Waals surface area contributed by atoms with Crippen LogP contribution in [0.1, 0.15) is 5.56 Å². The van der Waals surface area contributed by atoms with Gasteiger partial charge in [-0.3, -0.25) is 15.0 Å². The first-order valence-corrected chi connectivity index (χ1v) is 8.95. The molecule has 1 saturated heterocycles. The third-order valence-corrected chi connectivity index (χ3v) is 4.74. The van der Waals surface area contributed by atoms with Gasteiger partial charge >= 0.3 is 0 Å². The summed E-state index contributed by atoms with van der Waals surface area (Å²) in [5.41, 5.74) is 3.81. The third kappa shape index (κ3) is 4.15. The van der Waals surface area contributed by atoms with E-state index in [9.17, 15) is 10.1 Å². The zero-order chi connectivity index (χ0) is 18.6. The second kappa shape index (κ2) is 7.60. The van der Waals surface area contributed by atoms with Gasteiger partial charge in [-0.15, -0.1) is 0 Å². The van der Waals surface area contributed by atoms with Gasteiger partial charge in [0, 0.05) is 31.8 Å². The molecule has 5 nitrogen and oxygen atoms in total. The zero-order valence-electron chi connectivity index (χ0n) is 14.8. The highest BCUT2D eigenvalue weighted by atomic mass is 16.6. The minimum Gasteiger partial charge on any atom is -0.488 e.